The van der Waals surface area contributed by atoms with Crippen LogP contribution >= 0.6 is 0 Å². The summed E-state index contributed by atoms with van der Waals surface area (Å²) in [7, 11) is 0. The second kappa shape index (κ2) is 6.53. The molecule has 0 unspecified atom stereocenters. The molecule has 96 valence electrons. The standard InChI is InChI=1S/C17H22O/c1-2-3-4-5-6-9-14-12-13-17(18)16-11-8-7-10-15(14)16/h7-11H,2-6,12-13H2,1H3/b14-9+. The highest BCUT2D eigenvalue weighted by Crippen LogP contribution is 2.31. The Labute approximate surface area is 110 Å². The molecule has 0 spiro atoms. The van der Waals surface area contributed by atoms with E-state index in [-0.39, 0.29) is 0 Å². The minimum Gasteiger partial charge on any atom is -0.294 e. The van der Waals surface area contributed by atoms with Crippen molar-refractivity contribution in [2.24, 2.45) is 0 Å². The average Bonchev–Trinajstić information content (AvgIpc) is 2.41. The monoisotopic (exact) mass is 242 g/mol. The maximum Gasteiger partial charge on any atom is 0.163 e. The summed E-state index contributed by atoms with van der Waals surface area (Å²) in [5.41, 5.74) is 3.47. The molecule has 0 radical (unpaired) electrons. The van der Waals surface area contributed by atoms with E-state index in [1.807, 2.05) is 18.2 Å². The van der Waals surface area contributed by atoms with Crippen molar-refractivity contribution in [3.8, 4) is 0 Å². The van der Waals surface area contributed by atoms with Gasteiger partial charge in [-0.15, -0.1) is 0 Å². The van der Waals surface area contributed by atoms with Crippen LogP contribution in [0.5, 0.6) is 0 Å². The van der Waals surface area contributed by atoms with Gasteiger partial charge in [-0.3, -0.25) is 4.79 Å². The minimum atomic E-state index is 0.300. The summed E-state index contributed by atoms with van der Waals surface area (Å²) in [5.74, 6) is 0.300. The van der Waals surface area contributed by atoms with Crippen molar-refractivity contribution in [2.75, 3.05) is 0 Å². The quantitative estimate of drug-likeness (QED) is 0.663. The Morgan fingerprint density at radius 1 is 1.06 bits per heavy atom. The summed E-state index contributed by atoms with van der Waals surface area (Å²) < 4.78 is 0. The molecular weight excluding hydrogens is 220 g/mol. The predicted molar refractivity (Wildman–Crippen MR) is 76.7 cm³/mol. The highest BCUT2D eigenvalue weighted by Gasteiger charge is 2.19. The molecular formula is C17H22O. The molecule has 0 heterocycles. The van der Waals surface area contributed by atoms with Crippen LogP contribution in [-0.4, -0.2) is 5.78 Å². The SMILES string of the molecule is CCCCCC/C=C1\CCC(=O)c2ccccc21. The number of unbranched alkanes of at least 4 members (excludes halogenated alkanes) is 4. The van der Waals surface area contributed by atoms with E-state index in [0.717, 1.165) is 18.4 Å². The second-order valence-corrected chi connectivity index (χ2v) is 5.05. The molecule has 0 atom stereocenters. The third-order valence-corrected chi connectivity index (χ3v) is 3.64. The van der Waals surface area contributed by atoms with Crippen molar-refractivity contribution in [2.45, 2.75) is 51.9 Å². The fraction of sp³-hybridized carbons (Fsp3) is 0.471. The number of hydrogen-bond donors (Lipinski definition) is 0. The first-order chi connectivity index (χ1) is 8.83. The van der Waals surface area contributed by atoms with Gasteiger partial charge in [-0.05, 0) is 30.4 Å². The van der Waals surface area contributed by atoms with E-state index in [1.165, 1.54) is 36.8 Å². The average molecular weight is 242 g/mol. The molecule has 0 fully saturated rings. The van der Waals surface area contributed by atoms with Crippen molar-refractivity contribution in [3.05, 3.63) is 41.5 Å². The van der Waals surface area contributed by atoms with E-state index in [9.17, 15) is 4.79 Å². The zero-order valence-electron chi connectivity index (χ0n) is 11.2. The molecule has 0 bridgehead atoms. The molecule has 0 aromatic heterocycles. The van der Waals surface area contributed by atoms with Crippen LogP contribution < -0.4 is 0 Å². The lowest BCUT2D eigenvalue weighted by Gasteiger charge is -2.17. The van der Waals surface area contributed by atoms with Gasteiger partial charge in [0.1, 0.15) is 0 Å². The van der Waals surface area contributed by atoms with Crippen LogP contribution in [0.1, 0.15) is 67.8 Å². The molecule has 0 saturated heterocycles. The first-order valence-corrected chi connectivity index (χ1v) is 7.14. The Balaban J connectivity index is 2.04. The fourth-order valence-electron chi connectivity index (χ4n) is 2.58. The topological polar surface area (TPSA) is 17.1 Å². The molecule has 1 aromatic carbocycles. The molecule has 0 saturated carbocycles. The number of Topliss-reactive ketones (excluding diaryl/α,β-unsaturated/α-hetero) is 1. The van der Waals surface area contributed by atoms with Crippen molar-refractivity contribution in [3.63, 3.8) is 0 Å². The largest absolute Gasteiger partial charge is 0.294 e. The lowest BCUT2D eigenvalue weighted by molar-refractivity contribution is 0.0980. The van der Waals surface area contributed by atoms with E-state index < -0.39 is 0 Å². The van der Waals surface area contributed by atoms with Crippen LogP contribution in [0.4, 0.5) is 0 Å². The summed E-state index contributed by atoms with van der Waals surface area (Å²) in [6.07, 6.45) is 10.3. The lowest BCUT2D eigenvalue weighted by atomic mass is 9.86. The molecule has 1 heteroatoms. The first kappa shape index (κ1) is 13.1. The summed E-state index contributed by atoms with van der Waals surface area (Å²) >= 11 is 0. The van der Waals surface area contributed by atoms with Gasteiger partial charge in [0.25, 0.3) is 0 Å². The number of carbonyl (C=O) groups is 1. The van der Waals surface area contributed by atoms with Crippen LogP contribution in [0.3, 0.4) is 0 Å². The van der Waals surface area contributed by atoms with E-state index in [2.05, 4.69) is 19.1 Å². The van der Waals surface area contributed by atoms with Crippen molar-refractivity contribution >= 4 is 11.4 Å². The van der Waals surface area contributed by atoms with E-state index >= 15 is 0 Å². The molecule has 1 aromatic rings. The Hall–Kier alpha value is -1.37. The maximum absolute atomic E-state index is 11.8. The van der Waals surface area contributed by atoms with Crippen LogP contribution in [0.25, 0.3) is 5.57 Å². The van der Waals surface area contributed by atoms with Gasteiger partial charge in [-0.1, -0.05) is 56.5 Å². The fourth-order valence-corrected chi connectivity index (χ4v) is 2.58. The second-order valence-electron chi connectivity index (χ2n) is 5.05. The highest BCUT2D eigenvalue weighted by atomic mass is 16.1. The summed E-state index contributed by atoms with van der Waals surface area (Å²) in [4.78, 5) is 11.8. The normalized spacial score (nSPS) is 16.9. The van der Waals surface area contributed by atoms with E-state index in [0.29, 0.717) is 12.2 Å². The van der Waals surface area contributed by atoms with E-state index in [1.54, 1.807) is 0 Å². The van der Waals surface area contributed by atoms with Crippen molar-refractivity contribution in [1.29, 1.82) is 0 Å². The maximum atomic E-state index is 11.8. The predicted octanol–water partition coefficient (Wildman–Crippen LogP) is 5.02. The molecule has 1 nitrogen and oxygen atoms in total. The number of carbonyl (C=O) groups excluding carboxylic acids is 1. The first-order valence-electron chi connectivity index (χ1n) is 7.14. The van der Waals surface area contributed by atoms with E-state index in [4.69, 9.17) is 0 Å². The molecule has 1 aliphatic carbocycles. The zero-order chi connectivity index (χ0) is 12.8. The Bertz CT molecular complexity index is 443. The third-order valence-electron chi connectivity index (χ3n) is 3.64. The Morgan fingerprint density at radius 3 is 2.61 bits per heavy atom. The summed E-state index contributed by atoms with van der Waals surface area (Å²) in [6, 6.07) is 8.04. The van der Waals surface area contributed by atoms with Crippen LogP contribution in [0, 0.1) is 0 Å². The smallest absolute Gasteiger partial charge is 0.163 e. The number of hydrogen-bond acceptors (Lipinski definition) is 1. The third kappa shape index (κ3) is 3.10. The highest BCUT2D eigenvalue weighted by molar-refractivity contribution is 6.03. The minimum absolute atomic E-state index is 0.300. The number of benzene rings is 1. The molecule has 0 aliphatic heterocycles. The summed E-state index contributed by atoms with van der Waals surface area (Å²) in [5, 5.41) is 0. The molecule has 2 rings (SSSR count). The number of ketones is 1. The number of rotatable bonds is 5. The lowest BCUT2D eigenvalue weighted by Crippen LogP contribution is -2.09. The molecule has 0 amide bonds. The van der Waals surface area contributed by atoms with Gasteiger partial charge in [0.15, 0.2) is 5.78 Å². The Kier molecular flexibility index (Phi) is 4.74. The Morgan fingerprint density at radius 2 is 1.83 bits per heavy atom. The number of allylic oxidation sites excluding steroid dienone is 2. The van der Waals surface area contributed by atoms with Gasteiger partial charge >= 0.3 is 0 Å². The van der Waals surface area contributed by atoms with Crippen molar-refractivity contribution in [1.82, 2.24) is 0 Å². The van der Waals surface area contributed by atoms with Crippen molar-refractivity contribution < 1.29 is 4.79 Å². The number of fused-ring (bicyclic) bond motifs is 1. The van der Waals surface area contributed by atoms with Gasteiger partial charge in [0.05, 0.1) is 0 Å². The molecule has 18 heavy (non-hydrogen) atoms. The van der Waals surface area contributed by atoms with Crippen LogP contribution in [0.15, 0.2) is 30.3 Å². The van der Waals surface area contributed by atoms with Gasteiger partial charge < -0.3 is 0 Å². The zero-order valence-corrected chi connectivity index (χ0v) is 11.2. The van der Waals surface area contributed by atoms with Gasteiger partial charge in [-0.2, -0.15) is 0 Å². The van der Waals surface area contributed by atoms with Gasteiger partial charge in [-0.25, -0.2) is 0 Å². The van der Waals surface area contributed by atoms with Gasteiger partial charge in [0.2, 0.25) is 0 Å². The molecule has 1 aliphatic rings. The van der Waals surface area contributed by atoms with Gasteiger partial charge in [0, 0.05) is 12.0 Å². The van der Waals surface area contributed by atoms with Crippen LogP contribution in [0.2, 0.25) is 0 Å². The summed E-state index contributed by atoms with van der Waals surface area (Å²) in [6.45, 7) is 2.24. The van der Waals surface area contributed by atoms with Crippen LogP contribution in [-0.2, 0) is 0 Å². The molecule has 0 N–H and O–H groups in total.